The van der Waals surface area contributed by atoms with E-state index in [9.17, 15) is 8.42 Å². The van der Waals surface area contributed by atoms with Crippen molar-refractivity contribution in [1.82, 2.24) is 10.0 Å². The summed E-state index contributed by atoms with van der Waals surface area (Å²) in [6, 6.07) is 1.89. The van der Waals surface area contributed by atoms with E-state index in [1.165, 1.54) is 17.8 Å². The van der Waals surface area contributed by atoms with Crippen molar-refractivity contribution in [2.24, 2.45) is 0 Å². The van der Waals surface area contributed by atoms with Crippen LogP contribution in [0.1, 0.15) is 26.2 Å². The van der Waals surface area contributed by atoms with Gasteiger partial charge >= 0.3 is 0 Å². The number of thiophene rings is 1. The van der Waals surface area contributed by atoms with Gasteiger partial charge in [-0.15, -0.1) is 23.7 Å². The van der Waals surface area contributed by atoms with Crippen LogP contribution in [0.4, 0.5) is 0 Å². The lowest BCUT2D eigenvalue weighted by Crippen LogP contribution is -2.49. The summed E-state index contributed by atoms with van der Waals surface area (Å²) in [7, 11) is -3.41. The number of halogens is 2. The number of rotatable bonds is 4. The number of nitrogens with one attached hydrogen (secondary N) is 2. The van der Waals surface area contributed by atoms with Crippen LogP contribution in [-0.2, 0) is 10.0 Å². The molecule has 1 aromatic rings. The van der Waals surface area contributed by atoms with Crippen molar-refractivity contribution in [1.29, 1.82) is 0 Å². The van der Waals surface area contributed by atoms with Crippen LogP contribution in [0.15, 0.2) is 20.1 Å². The molecule has 1 aromatic heterocycles. The Kier molecular flexibility index (Phi) is 6.75. The molecule has 1 aliphatic heterocycles. The van der Waals surface area contributed by atoms with Gasteiger partial charge in [-0.3, -0.25) is 0 Å². The van der Waals surface area contributed by atoms with Crippen molar-refractivity contribution in [3.8, 4) is 0 Å². The maximum Gasteiger partial charge on any atom is 0.251 e. The van der Waals surface area contributed by atoms with E-state index in [2.05, 4.69) is 26.0 Å². The molecule has 0 spiro atoms. The fraction of sp³-hybridized carbons (Fsp3) is 0.636. The van der Waals surface area contributed by atoms with Crippen molar-refractivity contribution in [3.63, 3.8) is 0 Å². The molecule has 1 aliphatic rings. The Balaban J connectivity index is 0.00000180. The van der Waals surface area contributed by atoms with Gasteiger partial charge in [0.2, 0.25) is 0 Å². The molecule has 2 unspecified atom stereocenters. The van der Waals surface area contributed by atoms with Gasteiger partial charge in [0.1, 0.15) is 4.21 Å². The zero-order valence-electron chi connectivity index (χ0n) is 10.6. The van der Waals surface area contributed by atoms with Crippen LogP contribution in [0.25, 0.3) is 0 Å². The Morgan fingerprint density at radius 1 is 1.53 bits per heavy atom. The van der Waals surface area contributed by atoms with E-state index in [1.54, 1.807) is 11.4 Å². The average Bonchev–Trinajstić information content (AvgIpc) is 2.77. The van der Waals surface area contributed by atoms with E-state index >= 15 is 0 Å². The molecule has 0 bridgehead atoms. The molecule has 19 heavy (non-hydrogen) atoms. The predicted octanol–water partition coefficient (Wildman–Crippen LogP) is 2.74. The van der Waals surface area contributed by atoms with Crippen molar-refractivity contribution >= 4 is 49.7 Å². The van der Waals surface area contributed by atoms with Gasteiger partial charge in [-0.2, -0.15) is 0 Å². The smallest absolute Gasteiger partial charge is 0.251 e. The second kappa shape index (κ2) is 7.38. The lowest BCUT2D eigenvalue weighted by Gasteiger charge is -2.29. The fourth-order valence-electron chi connectivity index (χ4n) is 2.16. The Labute approximate surface area is 133 Å². The molecule has 2 N–H and O–H groups in total. The zero-order valence-corrected chi connectivity index (χ0v) is 14.6. The monoisotopic (exact) mass is 388 g/mol. The lowest BCUT2D eigenvalue weighted by molar-refractivity contribution is 0.347. The first-order chi connectivity index (χ1) is 8.50. The fourth-order valence-corrected chi connectivity index (χ4v) is 5.80. The molecule has 2 heterocycles. The van der Waals surface area contributed by atoms with Crippen LogP contribution in [0, 0.1) is 0 Å². The SMILES string of the molecule is CC(NS(=O)(=O)c1sccc1Br)C1CCCCN1.Cl. The van der Waals surface area contributed by atoms with Crippen LogP contribution in [0.2, 0.25) is 0 Å². The van der Waals surface area contributed by atoms with E-state index in [4.69, 9.17) is 0 Å². The standard InChI is InChI=1S/C11H17BrN2O2S2.ClH/c1-8(10-4-2-3-6-13-10)14-18(15,16)11-9(12)5-7-17-11;/h5,7-8,10,13-14H,2-4,6H2,1H3;1H. The summed E-state index contributed by atoms with van der Waals surface area (Å²) in [5.74, 6) is 0. The van der Waals surface area contributed by atoms with Gasteiger partial charge < -0.3 is 5.32 Å². The molecule has 0 aromatic carbocycles. The summed E-state index contributed by atoms with van der Waals surface area (Å²) < 4.78 is 28.2. The number of hydrogen-bond acceptors (Lipinski definition) is 4. The summed E-state index contributed by atoms with van der Waals surface area (Å²) >= 11 is 4.49. The molecule has 8 heteroatoms. The van der Waals surface area contributed by atoms with E-state index in [0.717, 1.165) is 19.4 Å². The topological polar surface area (TPSA) is 58.2 Å². The summed E-state index contributed by atoms with van der Waals surface area (Å²) in [4.78, 5) is 0. The van der Waals surface area contributed by atoms with E-state index in [0.29, 0.717) is 8.68 Å². The first-order valence-corrected chi connectivity index (χ1v) is 9.15. The number of hydrogen-bond donors (Lipinski definition) is 2. The highest BCUT2D eigenvalue weighted by atomic mass is 79.9. The van der Waals surface area contributed by atoms with E-state index in [1.807, 2.05) is 6.92 Å². The minimum absolute atomic E-state index is 0. The second-order valence-electron chi connectivity index (χ2n) is 4.52. The first-order valence-electron chi connectivity index (χ1n) is 5.99. The second-order valence-corrected chi connectivity index (χ2v) is 8.20. The number of sulfonamides is 1. The Hall–Kier alpha value is 0.340. The molecule has 2 rings (SSSR count). The third kappa shape index (κ3) is 4.41. The predicted molar refractivity (Wildman–Crippen MR) is 84.7 cm³/mol. The average molecular weight is 390 g/mol. The van der Waals surface area contributed by atoms with E-state index < -0.39 is 10.0 Å². The Morgan fingerprint density at radius 3 is 2.79 bits per heavy atom. The highest BCUT2D eigenvalue weighted by Crippen LogP contribution is 2.27. The minimum atomic E-state index is -3.41. The molecule has 0 amide bonds. The van der Waals surface area contributed by atoms with Crippen LogP contribution in [-0.4, -0.2) is 27.0 Å². The highest BCUT2D eigenvalue weighted by molar-refractivity contribution is 9.10. The van der Waals surface area contributed by atoms with E-state index in [-0.39, 0.29) is 24.5 Å². The van der Waals surface area contributed by atoms with Crippen LogP contribution in [0.5, 0.6) is 0 Å². The van der Waals surface area contributed by atoms with Crippen molar-refractivity contribution < 1.29 is 8.42 Å². The molecule has 0 radical (unpaired) electrons. The Bertz CT molecular complexity index is 501. The van der Waals surface area contributed by atoms with Crippen molar-refractivity contribution in [2.45, 2.75) is 42.5 Å². The highest BCUT2D eigenvalue weighted by Gasteiger charge is 2.26. The maximum atomic E-state index is 12.2. The zero-order chi connectivity index (χ0) is 13.2. The van der Waals surface area contributed by atoms with Crippen molar-refractivity contribution in [2.75, 3.05) is 6.54 Å². The summed E-state index contributed by atoms with van der Waals surface area (Å²) in [5.41, 5.74) is 0. The van der Waals surface area contributed by atoms with Gasteiger partial charge in [0.05, 0.1) is 0 Å². The first kappa shape index (κ1) is 17.4. The summed E-state index contributed by atoms with van der Waals surface area (Å²) in [5, 5.41) is 5.13. The molecular formula is C11H18BrClN2O2S2. The van der Waals surface area contributed by atoms with Crippen LogP contribution in [0.3, 0.4) is 0 Å². The van der Waals surface area contributed by atoms with Gasteiger partial charge in [-0.05, 0) is 53.7 Å². The number of piperidine rings is 1. The minimum Gasteiger partial charge on any atom is -0.312 e. The molecule has 0 saturated carbocycles. The third-order valence-electron chi connectivity index (χ3n) is 3.12. The summed E-state index contributed by atoms with van der Waals surface area (Å²) in [6.07, 6.45) is 3.36. The van der Waals surface area contributed by atoms with Gasteiger partial charge in [-0.25, -0.2) is 13.1 Å². The van der Waals surface area contributed by atoms with Crippen molar-refractivity contribution in [3.05, 3.63) is 15.9 Å². The van der Waals surface area contributed by atoms with Crippen LogP contribution >= 0.6 is 39.7 Å². The normalized spacial score (nSPS) is 21.7. The molecule has 4 nitrogen and oxygen atoms in total. The maximum absolute atomic E-state index is 12.2. The van der Waals surface area contributed by atoms with Crippen LogP contribution < -0.4 is 10.0 Å². The molecule has 110 valence electrons. The molecular weight excluding hydrogens is 372 g/mol. The molecule has 2 atom stereocenters. The van der Waals surface area contributed by atoms with Gasteiger partial charge in [-0.1, -0.05) is 6.42 Å². The lowest BCUT2D eigenvalue weighted by atomic mass is 10.00. The molecule has 0 aliphatic carbocycles. The Morgan fingerprint density at radius 2 is 2.26 bits per heavy atom. The third-order valence-corrected chi connectivity index (χ3v) is 7.35. The van der Waals surface area contributed by atoms with Gasteiger partial charge in [0.15, 0.2) is 0 Å². The molecule has 1 saturated heterocycles. The largest absolute Gasteiger partial charge is 0.312 e. The summed E-state index contributed by atoms with van der Waals surface area (Å²) in [6.45, 7) is 2.89. The molecule has 1 fully saturated rings. The van der Waals surface area contributed by atoms with Gasteiger partial charge in [0.25, 0.3) is 10.0 Å². The van der Waals surface area contributed by atoms with Gasteiger partial charge in [0, 0.05) is 16.6 Å². The quantitative estimate of drug-likeness (QED) is 0.832.